The number of hydrogen-bond acceptors (Lipinski definition) is 7. The van der Waals surface area contributed by atoms with Crippen LogP contribution in [-0.4, -0.2) is 70.0 Å². The molecule has 3 heterocycles. The second-order valence-corrected chi connectivity index (χ2v) is 10.2. The third kappa shape index (κ3) is 5.41. The molecule has 0 radical (unpaired) electrons. The molecule has 0 aliphatic carbocycles. The number of benzene rings is 2. The van der Waals surface area contributed by atoms with E-state index in [0.717, 1.165) is 54.4 Å². The molecule has 1 aliphatic heterocycles. The SMILES string of the molecule is COc1ccc(Cl)cc1-c1ccc2cnc(Nc3ccc(N4CCN(CC(C)(C)O)CC4)cc3)nn12. The lowest BCUT2D eigenvalue weighted by Crippen LogP contribution is -2.50. The molecule has 1 saturated heterocycles. The van der Waals surface area contributed by atoms with E-state index in [9.17, 15) is 5.11 Å². The average Bonchev–Trinajstić information content (AvgIpc) is 3.27. The zero-order chi connectivity index (χ0) is 25.3. The number of β-amino-alcohol motifs (C(OH)–C–C–N with tert-alkyl or cyclic N) is 1. The summed E-state index contributed by atoms with van der Waals surface area (Å²) >= 11 is 6.26. The fraction of sp³-hybridized carbons (Fsp3) is 0.333. The molecule has 2 N–H and O–H groups in total. The molecule has 2 aromatic carbocycles. The van der Waals surface area contributed by atoms with Gasteiger partial charge in [-0.05, 0) is 68.4 Å². The minimum absolute atomic E-state index is 0.494. The van der Waals surface area contributed by atoms with Gasteiger partial charge in [0.15, 0.2) is 0 Å². The van der Waals surface area contributed by atoms with Crippen molar-refractivity contribution in [3.05, 3.63) is 65.8 Å². The second kappa shape index (κ2) is 9.97. The Labute approximate surface area is 216 Å². The molecule has 0 saturated carbocycles. The Balaban J connectivity index is 1.30. The monoisotopic (exact) mass is 506 g/mol. The van der Waals surface area contributed by atoms with Gasteiger partial charge < -0.3 is 20.1 Å². The van der Waals surface area contributed by atoms with Crippen molar-refractivity contribution in [3.63, 3.8) is 0 Å². The molecule has 1 fully saturated rings. The van der Waals surface area contributed by atoms with Crippen LogP contribution < -0.4 is 15.0 Å². The van der Waals surface area contributed by atoms with Gasteiger partial charge in [0.25, 0.3) is 0 Å². The van der Waals surface area contributed by atoms with Crippen LogP contribution in [0.25, 0.3) is 16.8 Å². The Bertz CT molecular complexity index is 1340. The van der Waals surface area contributed by atoms with Crippen LogP contribution in [0, 0.1) is 0 Å². The van der Waals surface area contributed by atoms with E-state index in [1.807, 2.05) is 54.8 Å². The number of halogens is 1. The third-order valence-corrected chi connectivity index (χ3v) is 6.54. The van der Waals surface area contributed by atoms with Gasteiger partial charge in [-0.25, -0.2) is 9.50 Å². The van der Waals surface area contributed by atoms with Crippen LogP contribution in [0.1, 0.15) is 13.8 Å². The zero-order valence-electron chi connectivity index (χ0n) is 20.8. The summed E-state index contributed by atoms with van der Waals surface area (Å²) in [6, 6.07) is 17.8. The molecule has 0 spiro atoms. The van der Waals surface area contributed by atoms with Gasteiger partial charge in [-0.1, -0.05) is 11.6 Å². The molecular weight excluding hydrogens is 476 g/mol. The molecule has 4 aromatic rings. The highest BCUT2D eigenvalue weighted by molar-refractivity contribution is 6.31. The molecule has 0 unspecified atom stereocenters. The zero-order valence-corrected chi connectivity index (χ0v) is 21.5. The van der Waals surface area contributed by atoms with Gasteiger partial charge in [0.05, 0.1) is 30.1 Å². The van der Waals surface area contributed by atoms with Crippen molar-refractivity contribution in [2.45, 2.75) is 19.4 Å². The summed E-state index contributed by atoms with van der Waals surface area (Å²) in [5, 5.41) is 18.7. The molecular formula is C27H31ClN6O2. The number of fused-ring (bicyclic) bond motifs is 1. The summed E-state index contributed by atoms with van der Waals surface area (Å²) < 4.78 is 7.38. The number of nitrogens with one attached hydrogen (secondary N) is 1. The van der Waals surface area contributed by atoms with E-state index >= 15 is 0 Å². The van der Waals surface area contributed by atoms with Gasteiger partial charge >= 0.3 is 0 Å². The van der Waals surface area contributed by atoms with Gasteiger partial charge in [-0.3, -0.25) is 4.90 Å². The van der Waals surface area contributed by atoms with Crippen molar-refractivity contribution in [2.24, 2.45) is 0 Å². The topological polar surface area (TPSA) is 78.2 Å². The lowest BCUT2D eigenvalue weighted by atomic mass is 10.1. The van der Waals surface area contributed by atoms with Crippen molar-refractivity contribution < 1.29 is 9.84 Å². The Hall–Kier alpha value is -3.33. The summed E-state index contributed by atoms with van der Waals surface area (Å²) in [6.07, 6.45) is 1.79. The predicted octanol–water partition coefficient (Wildman–Crippen LogP) is 4.69. The summed E-state index contributed by atoms with van der Waals surface area (Å²) in [4.78, 5) is 9.17. The summed E-state index contributed by atoms with van der Waals surface area (Å²) in [6.45, 7) is 8.16. The molecule has 0 amide bonds. The fourth-order valence-electron chi connectivity index (χ4n) is 4.64. The first-order valence-electron chi connectivity index (χ1n) is 12.0. The highest BCUT2D eigenvalue weighted by Crippen LogP contribution is 2.33. The quantitative estimate of drug-likeness (QED) is 0.376. The Morgan fingerprint density at radius 3 is 2.47 bits per heavy atom. The first-order valence-corrected chi connectivity index (χ1v) is 12.4. The maximum Gasteiger partial charge on any atom is 0.245 e. The molecule has 0 atom stereocenters. The van der Waals surface area contributed by atoms with E-state index in [1.165, 1.54) is 5.69 Å². The van der Waals surface area contributed by atoms with Crippen molar-refractivity contribution in [1.29, 1.82) is 0 Å². The molecule has 0 bridgehead atoms. The molecule has 1 aliphatic rings. The van der Waals surface area contributed by atoms with Gasteiger partial charge in [0.1, 0.15) is 5.75 Å². The number of hydrogen-bond donors (Lipinski definition) is 2. The van der Waals surface area contributed by atoms with Gasteiger partial charge in [-0.15, -0.1) is 5.10 Å². The van der Waals surface area contributed by atoms with Crippen LogP contribution in [0.4, 0.5) is 17.3 Å². The molecule has 36 heavy (non-hydrogen) atoms. The summed E-state index contributed by atoms with van der Waals surface area (Å²) in [5.74, 6) is 1.22. The number of aromatic nitrogens is 3. The van der Waals surface area contributed by atoms with Gasteiger partial charge in [0.2, 0.25) is 5.95 Å². The van der Waals surface area contributed by atoms with E-state index in [-0.39, 0.29) is 0 Å². The van der Waals surface area contributed by atoms with Crippen LogP contribution in [0.5, 0.6) is 5.75 Å². The maximum atomic E-state index is 10.1. The average molecular weight is 507 g/mol. The summed E-state index contributed by atoms with van der Waals surface area (Å²) in [5.41, 5.74) is 4.03. The minimum atomic E-state index is -0.664. The van der Waals surface area contributed by atoms with Crippen molar-refractivity contribution >= 4 is 34.4 Å². The number of aliphatic hydroxyl groups is 1. The normalized spacial score (nSPS) is 14.9. The van der Waals surface area contributed by atoms with E-state index in [0.29, 0.717) is 17.5 Å². The van der Waals surface area contributed by atoms with Gasteiger partial charge in [0, 0.05) is 54.7 Å². The third-order valence-electron chi connectivity index (χ3n) is 6.31. The van der Waals surface area contributed by atoms with E-state index in [1.54, 1.807) is 19.4 Å². The Morgan fingerprint density at radius 2 is 1.78 bits per heavy atom. The van der Waals surface area contributed by atoms with Crippen LogP contribution >= 0.6 is 11.6 Å². The van der Waals surface area contributed by atoms with E-state index in [4.69, 9.17) is 21.4 Å². The van der Waals surface area contributed by atoms with Crippen LogP contribution in [0.3, 0.4) is 0 Å². The number of piperazine rings is 1. The van der Waals surface area contributed by atoms with Crippen LogP contribution in [-0.2, 0) is 0 Å². The van der Waals surface area contributed by atoms with E-state index in [2.05, 4.69) is 32.2 Å². The van der Waals surface area contributed by atoms with Crippen molar-refractivity contribution in [1.82, 2.24) is 19.5 Å². The standard InChI is InChI=1S/C27H31ClN6O2/c1-27(2,35)18-32-12-14-33(15-13-32)21-7-5-20(6-8-21)30-26-29-17-22-9-10-24(34(22)31-26)23-16-19(28)4-11-25(23)36-3/h4-11,16-17,35H,12-15,18H2,1-3H3,(H,30,31). The second-order valence-electron chi connectivity index (χ2n) is 9.73. The van der Waals surface area contributed by atoms with Crippen molar-refractivity contribution in [3.8, 4) is 17.0 Å². The first-order chi connectivity index (χ1) is 17.3. The fourth-order valence-corrected chi connectivity index (χ4v) is 4.81. The lowest BCUT2D eigenvalue weighted by Gasteiger charge is -2.38. The predicted molar refractivity (Wildman–Crippen MR) is 145 cm³/mol. The van der Waals surface area contributed by atoms with E-state index < -0.39 is 5.60 Å². The highest BCUT2D eigenvalue weighted by atomic mass is 35.5. The van der Waals surface area contributed by atoms with Crippen molar-refractivity contribution in [2.75, 3.05) is 50.1 Å². The molecule has 2 aromatic heterocycles. The molecule has 5 rings (SSSR count). The molecule has 9 heteroatoms. The number of ether oxygens (including phenoxy) is 1. The summed E-state index contributed by atoms with van der Waals surface area (Å²) in [7, 11) is 1.64. The van der Waals surface area contributed by atoms with Crippen LogP contribution in [0.2, 0.25) is 5.02 Å². The molecule has 8 nitrogen and oxygen atoms in total. The number of rotatable bonds is 7. The number of anilines is 3. The minimum Gasteiger partial charge on any atom is -0.496 e. The Morgan fingerprint density at radius 1 is 1.03 bits per heavy atom. The lowest BCUT2D eigenvalue weighted by molar-refractivity contribution is 0.0345. The largest absolute Gasteiger partial charge is 0.496 e. The smallest absolute Gasteiger partial charge is 0.245 e. The number of methoxy groups -OCH3 is 1. The molecule has 188 valence electrons. The van der Waals surface area contributed by atoms with Crippen LogP contribution in [0.15, 0.2) is 60.8 Å². The number of nitrogens with zero attached hydrogens (tertiary/aromatic N) is 5. The first kappa shape index (κ1) is 24.4. The maximum absolute atomic E-state index is 10.1. The van der Waals surface area contributed by atoms with Gasteiger partial charge in [-0.2, -0.15) is 0 Å². The Kier molecular flexibility index (Phi) is 6.75. The highest BCUT2D eigenvalue weighted by Gasteiger charge is 2.23.